The van der Waals surface area contributed by atoms with Crippen molar-refractivity contribution < 1.29 is 4.42 Å². The van der Waals surface area contributed by atoms with Crippen molar-refractivity contribution in [2.75, 3.05) is 0 Å². The summed E-state index contributed by atoms with van der Waals surface area (Å²) >= 11 is 0. The second kappa shape index (κ2) is 4.94. The smallest absolute Gasteiger partial charge is 0.181 e. The second-order valence-corrected chi connectivity index (χ2v) is 4.11. The summed E-state index contributed by atoms with van der Waals surface area (Å²) in [4.78, 5) is 4.14. The number of aromatic nitrogens is 1. The maximum atomic E-state index is 4.98. The van der Waals surface area contributed by atoms with E-state index in [0.717, 1.165) is 17.8 Å². The minimum Gasteiger partial charge on any atom is -0.451 e. The van der Waals surface area contributed by atoms with Gasteiger partial charge in [-0.2, -0.15) is 0 Å². The molecule has 3 nitrogen and oxygen atoms in total. The quantitative estimate of drug-likeness (QED) is 0.854. The zero-order chi connectivity index (χ0) is 11.4. The minimum absolute atomic E-state index is 0.496. The Balaban J connectivity index is 2.14. The van der Waals surface area contributed by atoms with Crippen molar-refractivity contribution in [3.8, 4) is 11.3 Å². The van der Waals surface area contributed by atoms with Gasteiger partial charge in [-0.3, -0.25) is 0 Å². The van der Waals surface area contributed by atoms with Gasteiger partial charge in [-0.25, -0.2) is 4.98 Å². The maximum Gasteiger partial charge on any atom is 0.181 e. The number of oxazole rings is 1. The Morgan fingerprint density at radius 3 is 2.94 bits per heavy atom. The Morgan fingerprint density at radius 1 is 1.38 bits per heavy atom. The molecule has 2 rings (SSSR count). The number of hydrogen-bond acceptors (Lipinski definition) is 3. The van der Waals surface area contributed by atoms with Crippen LogP contribution < -0.4 is 5.32 Å². The van der Waals surface area contributed by atoms with Gasteiger partial charge in [0.05, 0.1) is 0 Å². The fraction of sp³-hybridized carbons (Fsp3) is 0.308. The maximum absolute atomic E-state index is 4.98. The third-order valence-corrected chi connectivity index (χ3v) is 2.37. The highest BCUT2D eigenvalue weighted by atomic mass is 16.3. The van der Waals surface area contributed by atoms with Crippen molar-refractivity contribution >= 4 is 0 Å². The fourth-order valence-electron chi connectivity index (χ4n) is 1.52. The molecule has 0 aliphatic heterocycles. The molecular formula is C13H16N2O. The molecule has 0 saturated heterocycles. The van der Waals surface area contributed by atoms with Gasteiger partial charge in [0, 0.05) is 18.2 Å². The van der Waals surface area contributed by atoms with Gasteiger partial charge in [-0.05, 0) is 11.6 Å². The third kappa shape index (κ3) is 2.70. The van der Waals surface area contributed by atoms with Crippen LogP contribution in [0, 0.1) is 0 Å². The molecule has 1 N–H and O–H groups in total. The van der Waals surface area contributed by atoms with Crippen LogP contribution >= 0.6 is 0 Å². The van der Waals surface area contributed by atoms with E-state index < -0.39 is 0 Å². The molecule has 0 bridgehead atoms. The van der Waals surface area contributed by atoms with Gasteiger partial charge in [0.2, 0.25) is 0 Å². The van der Waals surface area contributed by atoms with E-state index in [-0.39, 0.29) is 0 Å². The molecule has 3 heteroatoms. The molecule has 1 aromatic carbocycles. The zero-order valence-electron chi connectivity index (χ0n) is 9.60. The molecule has 0 unspecified atom stereocenters. The lowest BCUT2D eigenvalue weighted by Gasteiger charge is -2.08. The van der Waals surface area contributed by atoms with E-state index in [0.29, 0.717) is 6.04 Å². The van der Waals surface area contributed by atoms with E-state index in [1.165, 1.54) is 12.0 Å². The first-order valence-electron chi connectivity index (χ1n) is 5.46. The van der Waals surface area contributed by atoms with Crippen molar-refractivity contribution in [1.82, 2.24) is 10.3 Å². The first-order chi connectivity index (χ1) is 7.75. The standard InChI is InChI=1S/C13H16N2O/c1-10(2)14-7-11-4-3-5-12(6-11)13-8-16-9-15-13/h3-6,8-10,14H,7H2,1-2H3. The molecule has 84 valence electrons. The van der Waals surface area contributed by atoms with Crippen LogP contribution in [0.1, 0.15) is 19.4 Å². The Labute approximate surface area is 95.5 Å². The minimum atomic E-state index is 0.496. The highest BCUT2D eigenvalue weighted by Crippen LogP contribution is 2.18. The average molecular weight is 216 g/mol. The summed E-state index contributed by atoms with van der Waals surface area (Å²) in [5, 5.41) is 3.39. The Kier molecular flexibility index (Phi) is 3.37. The molecule has 2 aromatic rings. The number of hydrogen-bond donors (Lipinski definition) is 1. The molecule has 0 atom stereocenters. The first-order valence-corrected chi connectivity index (χ1v) is 5.46. The second-order valence-electron chi connectivity index (χ2n) is 4.11. The lowest BCUT2D eigenvalue weighted by molar-refractivity contribution is 0.558. The van der Waals surface area contributed by atoms with Crippen LogP contribution in [0.25, 0.3) is 11.3 Å². The van der Waals surface area contributed by atoms with Crippen LogP contribution in [0.3, 0.4) is 0 Å². The van der Waals surface area contributed by atoms with Crippen LogP contribution in [0.15, 0.2) is 41.3 Å². The van der Waals surface area contributed by atoms with E-state index in [2.05, 4.69) is 36.3 Å². The van der Waals surface area contributed by atoms with E-state index in [4.69, 9.17) is 4.42 Å². The van der Waals surface area contributed by atoms with Crippen LogP contribution in [0.2, 0.25) is 0 Å². The Morgan fingerprint density at radius 2 is 2.25 bits per heavy atom. The number of rotatable bonds is 4. The number of nitrogens with zero attached hydrogens (tertiary/aromatic N) is 1. The molecule has 16 heavy (non-hydrogen) atoms. The van der Waals surface area contributed by atoms with Gasteiger partial charge in [0.25, 0.3) is 0 Å². The summed E-state index contributed by atoms with van der Waals surface area (Å²) in [6.07, 6.45) is 3.11. The summed E-state index contributed by atoms with van der Waals surface area (Å²) in [7, 11) is 0. The van der Waals surface area contributed by atoms with Crippen LogP contribution in [-0.2, 0) is 6.54 Å². The molecule has 0 fully saturated rings. The van der Waals surface area contributed by atoms with Gasteiger partial charge in [-0.1, -0.05) is 32.0 Å². The molecule has 1 heterocycles. The van der Waals surface area contributed by atoms with Crippen LogP contribution in [0.5, 0.6) is 0 Å². The topological polar surface area (TPSA) is 38.1 Å². The summed E-state index contributed by atoms with van der Waals surface area (Å²) in [5.74, 6) is 0. The van der Waals surface area contributed by atoms with E-state index in [1.807, 2.05) is 12.1 Å². The van der Waals surface area contributed by atoms with Gasteiger partial charge in [-0.15, -0.1) is 0 Å². The first kappa shape index (κ1) is 10.9. The molecule has 1 aromatic heterocycles. The molecule has 0 spiro atoms. The van der Waals surface area contributed by atoms with Gasteiger partial charge in [0.15, 0.2) is 6.39 Å². The predicted molar refractivity (Wildman–Crippen MR) is 63.9 cm³/mol. The van der Waals surface area contributed by atoms with Crippen molar-refractivity contribution in [2.24, 2.45) is 0 Å². The van der Waals surface area contributed by atoms with E-state index in [9.17, 15) is 0 Å². The van der Waals surface area contributed by atoms with E-state index >= 15 is 0 Å². The highest BCUT2D eigenvalue weighted by molar-refractivity contribution is 5.58. The highest BCUT2D eigenvalue weighted by Gasteiger charge is 2.02. The molecule has 0 amide bonds. The number of benzene rings is 1. The summed E-state index contributed by atoms with van der Waals surface area (Å²) < 4.78 is 4.98. The lowest BCUT2D eigenvalue weighted by Crippen LogP contribution is -2.21. The van der Waals surface area contributed by atoms with Crippen molar-refractivity contribution in [1.29, 1.82) is 0 Å². The molecule has 0 aliphatic rings. The summed E-state index contributed by atoms with van der Waals surface area (Å²) in [5.41, 5.74) is 3.23. The molecule has 0 saturated carbocycles. The monoisotopic (exact) mass is 216 g/mol. The molecule has 0 aliphatic carbocycles. The average Bonchev–Trinajstić information content (AvgIpc) is 2.80. The van der Waals surface area contributed by atoms with Crippen molar-refractivity contribution in [2.45, 2.75) is 26.4 Å². The third-order valence-electron chi connectivity index (χ3n) is 2.37. The largest absolute Gasteiger partial charge is 0.451 e. The van der Waals surface area contributed by atoms with Crippen molar-refractivity contribution in [3.05, 3.63) is 42.5 Å². The van der Waals surface area contributed by atoms with Crippen LogP contribution in [-0.4, -0.2) is 11.0 Å². The Bertz CT molecular complexity index is 435. The summed E-state index contributed by atoms with van der Waals surface area (Å²) in [6.45, 7) is 5.16. The zero-order valence-corrected chi connectivity index (χ0v) is 9.60. The molecule has 0 radical (unpaired) electrons. The normalized spacial score (nSPS) is 10.9. The van der Waals surface area contributed by atoms with Gasteiger partial charge < -0.3 is 9.73 Å². The fourth-order valence-corrected chi connectivity index (χ4v) is 1.52. The van der Waals surface area contributed by atoms with Gasteiger partial charge in [0.1, 0.15) is 12.0 Å². The van der Waals surface area contributed by atoms with Crippen LogP contribution in [0.4, 0.5) is 0 Å². The van der Waals surface area contributed by atoms with E-state index in [1.54, 1.807) is 6.26 Å². The summed E-state index contributed by atoms with van der Waals surface area (Å²) in [6, 6.07) is 8.82. The SMILES string of the molecule is CC(C)NCc1cccc(-c2cocn2)c1. The Hall–Kier alpha value is -1.61. The molecular weight excluding hydrogens is 200 g/mol. The lowest BCUT2D eigenvalue weighted by atomic mass is 10.1. The predicted octanol–water partition coefficient (Wildman–Crippen LogP) is 2.84. The number of nitrogens with one attached hydrogen (secondary N) is 1. The van der Waals surface area contributed by atoms with Crippen molar-refractivity contribution in [3.63, 3.8) is 0 Å². The van der Waals surface area contributed by atoms with Gasteiger partial charge >= 0.3 is 0 Å².